The van der Waals surface area contributed by atoms with Crippen LogP contribution in [-0.4, -0.2) is 11.1 Å². The lowest BCUT2D eigenvalue weighted by molar-refractivity contribution is -0.131. The van der Waals surface area contributed by atoms with Crippen LogP contribution in [0.25, 0.3) is 6.08 Å². The van der Waals surface area contributed by atoms with Crippen molar-refractivity contribution >= 4 is 28.0 Å². The summed E-state index contributed by atoms with van der Waals surface area (Å²) in [7, 11) is 0. The Labute approximate surface area is 123 Å². The predicted octanol–water partition coefficient (Wildman–Crippen LogP) is 4.48. The van der Waals surface area contributed by atoms with Gasteiger partial charge in [-0.05, 0) is 30.3 Å². The summed E-state index contributed by atoms with van der Waals surface area (Å²) in [5.74, 6) is -1.11. The molecular formula is C15H10BrFO3. The van der Waals surface area contributed by atoms with E-state index in [0.29, 0.717) is 15.8 Å². The van der Waals surface area contributed by atoms with Crippen molar-refractivity contribution in [2.45, 2.75) is 0 Å². The summed E-state index contributed by atoms with van der Waals surface area (Å²) < 4.78 is 19.8. The van der Waals surface area contributed by atoms with E-state index in [1.807, 2.05) is 0 Å². The van der Waals surface area contributed by atoms with Gasteiger partial charge in [-0.1, -0.05) is 34.1 Å². The number of hydrogen-bond acceptors (Lipinski definition) is 2. The first-order chi connectivity index (χ1) is 9.56. The summed E-state index contributed by atoms with van der Waals surface area (Å²) in [6, 6.07) is 11.3. The predicted molar refractivity (Wildman–Crippen MR) is 77.3 cm³/mol. The standard InChI is InChI=1S/C15H10BrFO3/c16-11-6-7-14(12(17)9-11)20-13-4-2-1-3-10(13)5-8-15(18)19/h1-9H,(H,18,19)/b8-5+. The van der Waals surface area contributed by atoms with E-state index in [2.05, 4.69) is 15.9 Å². The second-order valence-corrected chi connectivity index (χ2v) is 4.80. The molecule has 3 nitrogen and oxygen atoms in total. The molecule has 2 aromatic rings. The van der Waals surface area contributed by atoms with Crippen molar-refractivity contribution in [2.24, 2.45) is 0 Å². The largest absolute Gasteiger partial charge is 0.478 e. The number of carboxylic acids is 1. The molecule has 102 valence electrons. The van der Waals surface area contributed by atoms with Gasteiger partial charge in [-0.2, -0.15) is 0 Å². The van der Waals surface area contributed by atoms with Gasteiger partial charge in [0, 0.05) is 16.1 Å². The fraction of sp³-hybridized carbons (Fsp3) is 0. The molecule has 0 heterocycles. The zero-order valence-corrected chi connectivity index (χ0v) is 11.8. The molecule has 2 aromatic carbocycles. The van der Waals surface area contributed by atoms with Crippen LogP contribution in [0.3, 0.4) is 0 Å². The van der Waals surface area contributed by atoms with Gasteiger partial charge in [-0.25, -0.2) is 9.18 Å². The van der Waals surface area contributed by atoms with Gasteiger partial charge in [-0.3, -0.25) is 0 Å². The van der Waals surface area contributed by atoms with E-state index in [9.17, 15) is 9.18 Å². The Morgan fingerprint density at radius 3 is 2.65 bits per heavy atom. The van der Waals surface area contributed by atoms with Gasteiger partial charge in [0.25, 0.3) is 0 Å². The highest BCUT2D eigenvalue weighted by atomic mass is 79.9. The first-order valence-electron chi connectivity index (χ1n) is 5.69. The molecule has 0 radical (unpaired) electrons. The van der Waals surface area contributed by atoms with Gasteiger partial charge in [0.2, 0.25) is 0 Å². The maximum atomic E-state index is 13.7. The normalized spacial score (nSPS) is 10.7. The summed E-state index contributed by atoms with van der Waals surface area (Å²) in [5.41, 5.74) is 0.553. The van der Waals surface area contributed by atoms with Crippen molar-refractivity contribution in [3.8, 4) is 11.5 Å². The summed E-state index contributed by atoms with van der Waals surface area (Å²) in [4.78, 5) is 10.5. The van der Waals surface area contributed by atoms with Crippen molar-refractivity contribution in [2.75, 3.05) is 0 Å². The molecule has 0 saturated heterocycles. The van der Waals surface area contributed by atoms with Crippen LogP contribution >= 0.6 is 15.9 Å². The van der Waals surface area contributed by atoms with E-state index in [1.165, 1.54) is 18.2 Å². The molecule has 0 aliphatic heterocycles. The van der Waals surface area contributed by atoms with E-state index in [0.717, 1.165) is 6.08 Å². The lowest BCUT2D eigenvalue weighted by Crippen LogP contribution is -1.91. The zero-order chi connectivity index (χ0) is 14.5. The van der Waals surface area contributed by atoms with Crippen LogP contribution in [0.5, 0.6) is 11.5 Å². The maximum absolute atomic E-state index is 13.7. The lowest BCUT2D eigenvalue weighted by atomic mass is 10.2. The smallest absolute Gasteiger partial charge is 0.328 e. The van der Waals surface area contributed by atoms with Crippen molar-refractivity contribution in [3.63, 3.8) is 0 Å². The minimum absolute atomic E-state index is 0.0735. The highest BCUT2D eigenvalue weighted by Gasteiger charge is 2.07. The molecule has 0 atom stereocenters. The molecule has 20 heavy (non-hydrogen) atoms. The summed E-state index contributed by atoms with van der Waals surface area (Å²) >= 11 is 3.16. The number of para-hydroxylation sites is 1. The fourth-order valence-corrected chi connectivity index (χ4v) is 1.88. The van der Waals surface area contributed by atoms with E-state index >= 15 is 0 Å². The fourth-order valence-electron chi connectivity index (χ4n) is 1.55. The Kier molecular flexibility index (Phi) is 4.53. The number of halogens is 2. The van der Waals surface area contributed by atoms with Gasteiger partial charge in [0.1, 0.15) is 5.75 Å². The second kappa shape index (κ2) is 6.34. The molecule has 0 spiro atoms. The van der Waals surface area contributed by atoms with E-state index in [4.69, 9.17) is 9.84 Å². The SMILES string of the molecule is O=C(O)/C=C/c1ccccc1Oc1ccc(Br)cc1F. The zero-order valence-electron chi connectivity index (χ0n) is 10.2. The third kappa shape index (κ3) is 3.68. The molecule has 1 N–H and O–H groups in total. The first kappa shape index (κ1) is 14.3. The highest BCUT2D eigenvalue weighted by Crippen LogP contribution is 2.29. The van der Waals surface area contributed by atoms with Crippen LogP contribution in [0.4, 0.5) is 4.39 Å². The van der Waals surface area contributed by atoms with E-state index in [-0.39, 0.29) is 5.75 Å². The van der Waals surface area contributed by atoms with Gasteiger partial charge < -0.3 is 9.84 Å². The number of rotatable bonds is 4. The van der Waals surface area contributed by atoms with Gasteiger partial charge in [-0.15, -0.1) is 0 Å². The number of carbonyl (C=O) groups is 1. The minimum Gasteiger partial charge on any atom is -0.478 e. The van der Waals surface area contributed by atoms with E-state index in [1.54, 1.807) is 30.3 Å². The molecule has 0 aliphatic rings. The molecule has 2 rings (SSSR count). The Morgan fingerprint density at radius 1 is 1.20 bits per heavy atom. The monoisotopic (exact) mass is 336 g/mol. The third-order valence-electron chi connectivity index (χ3n) is 2.44. The molecule has 0 aliphatic carbocycles. The van der Waals surface area contributed by atoms with E-state index < -0.39 is 11.8 Å². The number of benzene rings is 2. The van der Waals surface area contributed by atoms with Crippen LogP contribution in [-0.2, 0) is 4.79 Å². The average molecular weight is 337 g/mol. The summed E-state index contributed by atoms with van der Waals surface area (Å²) in [5, 5.41) is 8.64. The quantitative estimate of drug-likeness (QED) is 0.837. The van der Waals surface area contributed by atoms with Crippen LogP contribution in [0.2, 0.25) is 0 Å². The lowest BCUT2D eigenvalue weighted by Gasteiger charge is -2.09. The maximum Gasteiger partial charge on any atom is 0.328 e. The van der Waals surface area contributed by atoms with Crippen LogP contribution in [0.15, 0.2) is 53.0 Å². The van der Waals surface area contributed by atoms with Gasteiger partial charge >= 0.3 is 5.97 Å². The van der Waals surface area contributed by atoms with Crippen LogP contribution in [0, 0.1) is 5.82 Å². The molecule has 0 bridgehead atoms. The molecular weight excluding hydrogens is 327 g/mol. The van der Waals surface area contributed by atoms with Crippen molar-refractivity contribution < 1.29 is 19.0 Å². The van der Waals surface area contributed by atoms with Crippen molar-refractivity contribution in [1.82, 2.24) is 0 Å². The van der Waals surface area contributed by atoms with Crippen molar-refractivity contribution in [1.29, 1.82) is 0 Å². The number of carboxylic acid groups (broad SMARTS) is 1. The molecule has 0 saturated carbocycles. The van der Waals surface area contributed by atoms with Crippen LogP contribution < -0.4 is 4.74 Å². The Balaban J connectivity index is 2.31. The van der Waals surface area contributed by atoms with Crippen molar-refractivity contribution in [3.05, 3.63) is 64.4 Å². The second-order valence-electron chi connectivity index (χ2n) is 3.89. The van der Waals surface area contributed by atoms with Gasteiger partial charge in [0.05, 0.1) is 0 Å². The molecule has 5 heteroatoms. The minimum atomic E-state index is -1.06. The molecule has 0 amide bonds. The Morgan fingerprint density at radius 2 is 1.95 bits per heavy atom. The van der Waals surface area contributed by atoms with Gasteiger partial charge in [0.15, 0.2) is 11.6 Å². The molecule has 0 aromatic heterocycles. The summed E-state index contributed by atoms with van der Waals surface area (Å²) in [6.07, 6.45) is 2.40. The number of hydrogen-bond donors (Lipinski definition) is 1. The summed E-state index contributed by atoms with van der Waals surface area (Å²) in [6.45, 7) is 0. The number of ether oxygens (including phenoxy) is 1. The first-order valence-corrected chi connectivity index (χ1v) is 6.48. The third-order valence-corrected chi connectivity index (χ3v) is 2.93. The van der Waals surface area contributed by atoms with Crippen LogP contribution in [0.1, 0.15) is 5.56 Å². The topological polar surface area (TPSA) is 46.5 Å². The molecule has 0 fully saturated rings. The molecule has 0 unspecified atom stereocenters. The Hall–Kier alpha value is -2.14. The average Bonchev–Trinajstić information content (AvgIpc) is 2.41. The highest BCUT2D eigenvalue weighted by molar-refractivity contribution is 9.10. The Bertz CT molecular complexity index is 668. The number of aliphatic carboxylic acids is 1.